The quantitative estimate of drug-likeness (QED) is 0.187. The van der Waals surface area contributed by atoms with E-state index in [0.29, 0.717) is 36.4 Å². The fourth-order valence-corrected chi connectivity index (χ4v) is 5.01. The molecule has 0 saturated heterocycles. The van der Waals surface area contributed by atoms with Gasteiger partial charge in [0.15, 0.2) is 11.4 Å². The third-order valence-corrected chi connectivity index (χ3v) is 7.15. The number of nitrogens with zero attached hydrogens (tertiary/aromatic N) is 2. The van der Waals surface area contributed by atoms with Gasteiger partial charge in [-0.15, -0.1) is 0 Å². The zero-order valence-electron chi connectivity index (χ0n) is 22.9. The summed E-state index contributed by atoms with van der Waals surface area (Å²) < 4.78 is 38.7. The van der Waals surface area contributed by atoms with Crippen LogP contribution in [0.1, 0.15) is 54.9 Å². The minimum absolute atomic E-state index is 0.110. The van der Waals surface area contributed by atoms with Crippen LogP contribution in [-0.2, 0) is 33.6 Å². The lowest BCUT2D eigenvalue weighted by Gasteiger charge is -2.36. The molecule has 10 heteroatoms. The summed E-state index contributed by atoms with van der Waals surface area (Å²) in [7, 11) is 0.636. The van der Waals surface area contributed by atoms with Crippen molar-refractivity contribution in [3.8, 4) is 0 Å². The van der Waals surface area contributed by atoms with Gasteiger partial charge < -0.3 is 18.7 Å². The molecule has 1 heterocycles. The van der Waals surface area contributed by atoms with E-state index in [1.54, 1.807) is 6.20 Å². The number of ether oxygens (including phenoxy) is 1. The van der Waals surface area contributed by atoms with Gasteiger partial charge in [-0.05, 0) is 36.1 Å². The average molecular weight is 580 g/mol. The van der Waals surface area contributed by atoms with E-state index in [-0.39, 0.29) is 5.92 Å². The van der Waals surface area contributed by atoms with E-state index < -0.39 is 15.7 Å². The van der Waals surface area contributed by atoms with Gasteiger partial charge in [0.1, 0.15) is 13.1 Å². The van der Waals surface area contributed by atoms with Gasteiger partial charge in [-0.3, -0.25) is 4.55 Å². The highest BCUT2D eigenvalue weighted by Gasteiger charge is 2.44. The highest BCUT2D eigenvalue weighted by molar-refractivity contribution is 7.85. The normalized spacial score (nSPS) is 16.3. The predicted octanol–water partition coefficient (Wildman–Crippen LogP) is 5.44. The van der Waals surface area contributed by atoms with Crippen molar-refractivity contribution in [3.05, 3.63) is 88.6 Å². The molecule has 0 spiro atoms. The van der Waals surface area contributed by atoms with Crippen LogP contribution in [0, 0.1) is 5.92 Å². The minimum Gasteiger partial charge on any atom is -0.436 e. The number of likely N-dealkylation sites (N-methyl/N-ethyl adjacent to an activating group) is 1. The Morgan fingerprint density at radius 3 is 2.31 bits per heavy atom. The lowest BCUT2D eigenvalue weighted by atomic mass is 9.73. The molecule has 1 aromatic heterocycles. The number of benzene rings is 2. The van der Waals surface area contributed by atoms with Gasteiger partial charge in [-0.2, -0.15) is 8.42 Å². The molecule has 0 aliphatic heterocycles. The molecule has 4 rings (SSSR count). The molecule has 2 N–H and O–H groups in total. The SMILES string of the molecule is CS(=O)(=O)O.C[N+](C)(CCOCc1ccc(Cl)cc1)Cc1cnc(C(O)(c2ccccc2)C2CCCCC2)o1. The smallest absolute Gasteiger partial charge is 0.261 e. The van der Waals surface area contributed by atoms with E-state index in [9.17, 15) is 13.5 Å². The first kappa shape index (κ1) is 31.3. The van der Waals surface area contributed by atoms with E-state index in [1.165, 1.54) is 6.42 Å². The van der Waals surface area contributed by atoms with Gasteiger partial charge in [0, 0.05) is 10.9 Å². The van der Waals surface area contributed by atoms with E-state index in [4.69, 9.17) is 25.3 Å². The standard InChI is InChI=1S/C28H36ClN2O3.CH4O3S/c1-31(2,17-18-33-21-22-13-15-25(29)16-14-22)20-26-19-30-27(34-26)28(32,23-9-5-3-6-10-23)24-11-7-4-8-12-24;1-5(2,3)4/h3,5-6,9-10,13-16,19,24,32H,4,7-8,11-12,17-18,20-21H2,1-2H3;1H3,(H,2,3,4)/q+1;. The summed E-state index contributed by atoms with van der Waals surface area (Å²) in [5, 5.41) is 12.7. The Kier molecular flexibility index (Phi) is 11.1. The maximum atomic E-state index is 12.0. The summed E-state index contributed by atoms with van der Waals surface area (Å²) in [4.78, 5) is 4.60. The lowest BCUT2D eigenvalue weighted by molar-refractivity contribution is -0.905. The first-order valence-corrected chi connectivity index (χ1v) is 15.4. The Bertz CT molecular complexity index is 1250. The van der Waals surface area contributed by atoms with Crippen molar-refractivity contribution in [2.75, 3.05) is 33.5 Å². The van der Waals surface area contributed by atoms with Crippen LogP contribution in [0.3, 0.4) is 0 Å². The summed E-state index contributed by atoms with van der Waals surface area (Å²) in [6, 6.07) is 17.6. The zero-order chi connectivity index (χ0) is 28.5. The second-order valence-electron chi connectivity index (χ2n) is 10.8. The van der Waals surface area contributed by atoms with Crippen LogP contribution < -0.4 is 0 Å². The molecular weight excluding hydrogens is 540 g/mol. The topological polar surface area (TPSA) is 110 Å². The van der Waals surface area contributed by atoms with Crippen LogP contribution in [-0.4, -0.2) is 61.0 Å². The maximum absolute atomic E-state index is 12.0. The van der Waals surface area contributed by atoms with E-state index in [1.807, 2.05) is 54.6 Å². The Labute approximate surface area is 236 Å². The second-order valence-corrected chi connectivity index (χ2v) is 12.7. The summed E-state index contributed by atoms with van der Waals surface area (Å²) in [6.45, 7) is 2.70. The summed E-state index contributed by atoms with van der Waals surface area (Å²) in [5.74, 6) is 1.31. The average Bonchev–Trinajstić information content (AvgIpc) is 3.35. The maximum Gasteiger partial charge on any atom is 0.261 e. The van der Waals surface area contributed by atoms with E-state index in [2.05, 4.69) is 19.1 Å². The van der Waals surface area contributed by atoms with Gasteiger partial charge >= 0.3 is 0 Å². The third-order valence-electron chi connectivity index (χ3n) is 6.90. The number of hydrogen-bond donors (Lipinski definition) is 2. The van der Waals surface area contributed by atoms with Crippen molar-refractivity contribution in [3.63, 3.8) is 0 Å². The first-order valence-electron chi connectivity index (χ1n) is 13.2. The molecule has 1 fully saturated rings. The highest BCUT2D eigenvalue weighted by atomic mass is 35.5. The van der Waals surface area contributed by atoms with Crippen molar-refractivity contribution >= 4 is 21.7 Å². The van der Waals surface area contributed by atoms with E-state index in [0.717, 1.165) is 54.1 Å². The molecule has 1 aliphatic rings. The van der Waals surface area contributed by atoms with Crippen LogP contribution >= 0.6 is 11.6 Å². The summed E-state index contributed by atoms with van der Waals surface area (Å²) in [5.41, 5.74) is 0.774. The fourth-order valence-electron chi connectivity index (χ4n) is 4.89. The monoisotopic (exact) mass is 579 g/mol. The van der Waals surface area contributed by atoms with Gasteiger partial charge in [0.05, 0.1) is 39.8 Å². The van der Waals surface area contributed by atoms with Gasteiger partial charge in [0.2, 0.25) is 5.89 Å². The fraction of sp³-hybridized carbons (Fsp3) is 0.483. The highest BCUT2D eigenvalue weighted by Crippen LogP contribution is 2.43. The largest absolute Gasteiger partial charge is 0.436 e. The Morgan fingerprint density at radius 1 is 1.08 bits per heavy atom. The number of oxazole rings is 1. The molecule has 0 amide bonds. The third kappa shape index (κ3) is 10.0. The molecule has 39 heavy (non-hydrogen) atoms. The van der Waals surface area contributed by atoms with Crippen LogP contribution in [0.4, 0.5) is 0 Å². The van der Waals surface area contributed by atoms with Crippen molar-refractivity contribution < 1.29 is 31.7 Å². The van der Waals surface area contributed by atoms with Crippen molar-refractivity contribution in [1.29, 1.82) is 0 Å². The minimum atomic E-state index is -3.67. The van der Waals surface area contributed by atoms with E-state index >= 15 is 0 Å². The number of aromatic nitrogens is 1. The van der Waals surface area contributed by atoms with Crippen molar-refractivity contribution in [2.45, 2.75) is 50.9 Å². The number of rotatable bonds is 10. The molecule has 1 unspecified atom stereocenters. The molecule has 2 aromatic carbocycles. The molecule has 1 aliphatic carbocycles. The van der Waals surface area contributed by atoms with Gasteiger partial charge in [0.25, 0.3) is 10.1 Å². The van der Waals surface area contributed by atoms with Crippen LogP contribution in [0.2, 0.25) is 5.02 Å². The second kappa shape index (κ2) is 13.9. The van der Waals surface area contributed by atoms with Crippen molar-refractivity contribution in [2.24, 2.45) is 5.92 Å². The lowest BCUT2D eigenvalue weighted by Crippen LogP contribution is -2.41. The summed E-state index contributed by atoms with van der Waals surface area (Å²) in [6.07, 6.45) is 7.95. The Hall–Kier alpha value is -2.27. The molecule has 0 bridgehead atoms. The predicted molar refractivity (Wildman–Crippen MR) is 152 cm³/mol. The van der Waals surface area contributed by atoms with Crippen LogP contribution in [0.5, 0.6) is 0 Å². The van der Waals surface area contributed by atoms with Crippen LogP contribution in [0.25, 0.3) is 0 Å². The van der Waals surface area contributed by atoms with Crippen LogP contribution in [0.15, 0.2) is 65.2 Å². The Morgan fingerprint density at radius 2 is 1.69 bits per heavy atom. The van der Waals surface area contributed by atoms with Gasteiger partial charge in [-0.1, -0.05) is 73.3 Å². The molecule has 3 aromatic rings. The molecule has 1 atom stereocenters. The molecule has 8 nitrogen and oxygen atoms in total. The summed E-state index contributed by atoms with van der Waals surface area (Å²) >= 11 is 5.95. The molecule has 0 radical (unpaired) electrons. The van der Waals surface area contributed by atoms with Crippen molar-refractivity contribution in [1.82, 2.24) is 4.98 Å². The molecular formula is C29H40ClN2O6S+. The number of halogens is 1. The molecule has 1 saturated carbocycles. The number of quaternary nitrogens is 1. The molecule has 214 valence electrons. The number of hydrogen-bond acceptors (Lipinski definition) is 6. The Balaban J connectivity index is 0.000000771. The first-order chi connectivity index (χ1) is 18.4. The number of aliphatic hydroxyl groups is 1. The van der Waals surface area contributed by atoms with Gasteiger partial charge in [-0.25, -0.2) is 4.98 Å². The zero-order valence-corrected chi connectivity index (χ0v) is 24.5.